The van der Waals surface area contributed by atoms with Crippen LogP contribution in [0.3, 0.4) is 0 Å². The maximum atomic E-state index is 12.5. The first-order valence-electron chi connectivity index (χ1n) is 6.29. The molecule has 0 aromatic carbocycles. The van der Waals surface area contributed by atoms with Crippen LogP contribution in [0.2, 0.25) is 5.02 Å². The van der Waals surface area contributed by atoms with Gasteiger partial charge in [-0.2, -0.15) is 0 Å². The average molecular weight is 298 g/mol. The minimum Gasteiger partial charge on any atom is -0.392 e. The van der Waals surface area contributed by atoms with Gasteiger partial charge in [0.2, 0.25) is 0 Å². The predicted molar refractivity (Wildman–Crippen MR) is 79.3 cm³/mol. The van der Waals surface area contributed by atoms with Gasteiger partial charge in [-0.05, 0) is 25.0 Å². The molecule has 1 saturated carbocycles. The summed E-state index contributed by atoms with van der Waals surface area (Å²) in [5.41, 5.74) is 5.98. The van der Waals surface area contributed by atoms with E-state index < -0.39 is 0 Å². The molecule has 0 bridgehead atoms. The topological polar surface area (TPSA) is 59.2 Å². The molecule has 1 fully saturated rings. The lowest BCUT2D eigenvalue weighted by Crippen LogP contribution is -2.43. The smallest absolute Gasteiger partial charge is 0.273 e. The molecule has 6 heteroatoms. The Labute approximate surface area is 122 Å². The largest absolute Gasteiger partial charge is 0.392 e. The van der Waals surface area contributed by atoms with Gasteiger partial charge in [0.1, 0.15) is 5.69 Å². The number of hydrogen-bond acceptors (Lipinski definition) is 3. The second-order valence-corrected chi connectivity index (χ2v) is 5.66. The minimum atomic E-state index is -0.128. The van der Waals surface area contributed by atoms with Gasteiger partial charge >= 0.3 is 0 Å². The number of nitrogens with zero attached hydrogens (tertiary/aromatic N) is 2. The summed E-state index contributed by atoms with van der Waals surface area (Å²) in [6, 6.07) is 3.51. The lowest BCUT2D eigenvalue weighted by molar-refractivity contribution is 0.0708. The van der Waals surface area contributed by atoms with E-state index in [0.717, 1.165) is 25.7 Å². The van der Waals surface area contributed by atoms with E-state index in [2.05, 4.69) is 4.98 Å². The van der Waals surface area contributed by atoms with Crippen LogP contribution in [0.15, 0.2) is 18.3 Å². The Balaban J connectivity index is 2.18. The van der Waals surface area contributed by atoms with Gasteiger partial charge < -0.3 is 10.6 Å². The van der Waals surface area contributed by atoms with Crippen molar-refractivity contribution in [3.63, 3.8) is 0 Å². The number of halogens is 1. The van der Waals surface area contributed by atoms with Crippen molar-refractivity contribution in [2.75, 3.05) is 6.54 Å². The van der Waals surface area contributed by atoms with Crippen LogP contribution < -0.4 is 5.73 Å². The molecule has 0 aliphatic heterocycles. The van der Waals surface area contributed by atoms with Crippen LogP contribution in [0.25, 0.3) is 0 Å². The van der Waals surface area contributed by atoms with Crippen molar-refractivity contribution in [1.82, 2.24) is 9.88 Å². The van der Waals surface area contributed by atoms with Crippen LogP contribution in [0, 0.1) is 0 Å². The summed E-state index contributed by atoms with van der Waals surface area (Å²) in [4.78, 5) is 18.6. The van der Waals surface area contributed by atoms with E-state index in [4.69, 9.17) is 29.6 Å². The summed E-state index contributed by atoms with van der Waals surface area (Å²) in [7, 11) is 0. The summed E-state index contributed by atoms with van der Waals surface area (Å²) >= 11 is 10.7. The highest BCUT2D eigenvalue weighted by Crippen LogP contribution is 2.24. The number of thiocarbonyl (C=S) groups is 1. The average Bonchev–Trinajstić information content (AvgIpc) is 2.89. The van der Waals surface area contributed by atoms with Crippen LogP contribution >= 0.6 is 23.8 Å². The zero-order chi connectivity index (χ0) is 13.8. The number of nitrogens with two attached hydrogens (primary N) is 1. The standard InChI is InChI=1S/C13H16ClN3OS/c14-9-5-6-11(16-7-9)13(18)17(8-12(15)19)10-3-1-2-4-10/h5-7,10H,1-4,8H2,(H2,15,19). The molecule has 1 aromatic rings. The van der Waals surface area contributed by atoms with E-state index >= 15 is 0 Å². The fourth-order valence-corrected chi connectivity index (χ4v) is 2.65. The Bertz CT molecular complexity index is 471. The first-order valence-corrected chi connectivity index (χ1v) is 7.07. The fourth-order valence-electron chi connectivity index (χ4n) is 2.40. The number of rotatable bonds is 4. The van der Waals surface area contributed by atoms with Crippen molar-refractivity contribution >= 4 is 34.7 Å². The molecule has 1 amide bonds. The number of aromatic nitrogens is 1. The Morgan fingerprint density at radius 3 is 2.68 bits per heavy atom. The number of amides is 1. The van der Waals surface area contributed by atoms with E-state index in [1.54, 1.807) is 17.0 Å². The predicted octanol–water partition coefficient (Wildman–Crippen LogP) is 2.41. The van der Waals surface area contributed by atoms with Crippen molar-refractivity contribution in [2.24, 2.45) is 5.73 Å². The molecule has 1 heterocycles. The van der Waals surface area contributed by atoms with E-state index in [1.807, 2.05) is 0 Å². The molecule has 19 heavy (non-hydrogen) atoms. The Morgan fingerprint density at radius 2 is 2.16 bits per heavy atom. The molecule has 102 valence electrons. The molecular formula is C13H16ClN3OS. The maximum absolute atomic E-state index is 12.5. The molecular weight excluding hydrogens is 282 g/mol. The van der Waals surface area contributed by atoms with Crippen LogP contribution in [-0.4, -0.2) is 33.4 Å². The molecule has 0 saturated heterocycles. The van der Waals surface area contributed by atoms with Crippen molar-refractivity contribution in [3.05, 3.63) is 29.0 Å². The summed E-state index contributed by atoms with van der Waals surface area (Å²) < 4.78 is 0. The minimum absolute atomic E-state index is 0.128. The van der Waals surface area contributed by atoms with Gasteiger partial charge in [0.15, 0.2) is 0 Å². The zero-order valence-corrected chi connectivity index (χ0v) is 12.1. The van der Waals surface area contributed by atoms with E-state index in [9.17, 15) is 4.79 Å². The normalized spacial score (nSPS) is 15.4. The molecule has 2 N–H and O–H groups in total. The molecule has 1 aliphatic carbocycles. The third-order valence-electron chi connectivity index (χ3n) is 3.30. The second-order valence-electron chi connectivity index (χ2n) is 4.70. The number of hydrogen-bond donors (Lipinski definition) is 1. The van der Waals surface area contributed by atoms with Crippen molar-refractivity contribution < 1.29 is 4.79 Å². The monoisotopic (exact) mass is 297 g/mol. The first kappa shape index (κ1) is 14.2. The third-order valence-corrected chi connectivity index (χ3v) is 3.65. The number of carbonyl (C=O) groups is 1. The lowest BCUT2D eigenvalue weighted by atomic mass is 10.2. The Morgan fingerprint density at radius 1 is 1.47 bits per heavy atom. The second kappa shape index (κ2) is 6.30. The SMILES string of the molecule is NC(=S)CN(C(=O)c1ccc(Cl)cn1)C1CCCC1. The van der Waals surface area contributed by atoms with Crippen LogP contribution in [0.5, 0.6) is 0 Å². The molecule has 0 unspecified atom stereocenters. The van der Waals surface area contributed by atoms with E-state index in [0.29, 0.717) is 22.2 Å². The molecule has 4 nitrogen and oxygen atoms in total. The molecule has 0 spiro atoms. The highest BCUT2D eigenvalue weighted by molar-refractivity contribution is 7.80. The number of carbonyl (C=O) groups excluding carboxylic acids is 1. The number of pyridine rings is 1. The Kier molecular flexibility index (Phi) is 4.71. The van der Waals surface area contributed by atoms with Gasteiger partial charge in [0.25, 0.3) is 5.91 Å². The van der Waals surface area contributed by atoms with Gasteiger partial charge in [-0.3, -0.25) is 4.79 Å². The molecule has 2 rings (SSSR count). The highest BCUT2D eigenvalue weighted by Gasteiger charge is 2.28. The summed E-state index contributed by atoms with van der Waals surface area (Å²) in [6.07, 6.45) is 5.76. The Hall–Kier alpha value is -1.20. The van der Waals surface area contributed by atoms with Gasteiger partial charge in [-0.25, -0.2) is 4.98 Å². The first-order chi connectivity index (χ1) is 9.08. The van der Waals surface area contributed by atoms with Gasteiger partial charge in [0.05, 0.1) is 16.6 Å². The van der Waals surface area contributed by atoms with E-state index in [1.165, 1.54) is 6.20 Å². The van der Waals surface area contributed by atoms with Gasteiger partial charge in [-0.1, -0.05) is 36.7 Å². The van der Waals surface area contributed by atoms with Crippen molar-refractivity contribution in [1.29, 1.82) is 0 Å². The zero-order valence-electron chi connectivity index (χ0n) is 10.5. The highest BCUT2D eigenvalue weighted by atomic mass is 35.5. The molecule has 0 radical (unpaired) electrons. The van der Waals surface area contributed by atoms with Crippen LogP contribution in [0.1, 0.15) is 36.2 Å². The lowest BCUT2D eigenvalue weighted by Gasteiger charge is -2.28. The quantitative estimate of drug-likeness (QED) is 0.867. The van der Waals surface area contributed by atoms with Crippen LogP contribution in [-0.2, 0) is 0 Å². The van der Waals surface area contributed by atoms with Crippen molar-refractivity contribution in [3.8, 4) is 0 Å². The summed E-state index contributed by atoms with van der Waals surface area (Å²) in [5, 5.41) is 0.512. The van der Waals surface area contributed by atoms with Crippen molar-refractivity contribution in [2.45, 2.75) is 31.7 Å². The fraction of sp³-hybridized carbons (Fsp3) is 0.462. The maximum Gasteiger partial charge on any atom is 0.273 e. The van der Waals surface area contributed by atoms with Crippen LogP contribution in [0.4, 0.5) is 0 Å². The van der Waals surface area contributed by atoms with Gasteiger partial charge in [-0.15, -0.1) is 0 Å². The van der Waals surface area contributed by atoms with E-state index in [-0.39, 0.29) is 11.9 Å². The summed E-state index contributed by atoms with van der Waals surface area (Å²) in [6.45, 7) is 0.309. The third kappa shape index (κ3) is 3.64. The molecule has 0 atom stereocenters. The van der Waals surface area contributed by atoms with Gasteiger partial charge in [0, 0.05) is 12.2 Å². The molecule has 1 aliphatic rings. The molecule has 1 aromatic heterocycles. The summed E-state index contributed by atoms with van der Waals surface area (Å²) in [5.74, 6) is -0.128.